The number of hydrogen-bond donors (Lipinski definition) is 2. The lowest BCUT2D eigenvalue weighted by atomic mass is 10.1. The number of aliphatic hydroxyl groups is 1. The Morgan fingerprint density at radius 1 is 1.25 bits per heavy atom. The zero-order chi connectivity index (χ0) is 14.4. The molecule has 0 aliphatic carbocycles. The van der Waals surface area contributed by atoms with Crippen molar-refractivity contribution in [2.24, 2.45) is 0 Å². The van der Waals surface area contributed by atoms with Crippen LogP contribution in [0.25, 0.3) is 0 Å². The standard InChI is InChI=1S/C16H17N3O/c1-12-3-5-14(6-4-12)7-8-15-9-17-11-18-16(15)19-13(2)10-20/h3-6,9,11,13,20H,10H2,1-2H3,(H,17,18,19)/t13-/m1/s1. The largest absolute Gasteiger partial charge is 0.394 e. The second kappa shape index (κ2) is 6.69. The number of hydrogen-bond acceptors (Lipinski definition) is 4. The molecule has 0 saturated carbocycles. The van der Waals surface area contributed by atoms with Crippen LogP contribution in [0.3, 0.4) is 0 Å². The van der Waals surface area contributed by atoms with Crippen LogP contribution in [0.5, 0.6) is 0 Å². The molecule has 4 nitrogen and oxygen atoms in total. The van der Waals surface area contributed by atoms with Crippen molar-refractivity contribution in [3.05, 3.63) is 53.5 Å². The molecular weight excluding hydrogens is 250 g/mol. The van der Waals surface area contributed by atoms with Crippen molar-refractivity contribution in [1.82, 2.24) is 9.97 Å². The topological polar surface area (TPSA) is 58.0 Å². The molecule has 102 valence electrons. The Kier molecular flexibility index (Phi) is 4.70. The molecule has 0 radical (unpaired) electrons. The highest BCUT2D eigenvalue weighted by Gasteiger charge is 2.05. The lowest BCUT2D eigenvalue weighted by Crippen LogP contribution is -2.20. The van der Waals surface area contributed by atoms with Gasteiger partial charge in [0, 0.05) is 17.8 Å². The van der Waals surface area contributed by atoms with Gasteiger partial charge in [-0.3, -0.25) is 0 Å². The Labute approximate surface area is 118 Å². The molecule has 20 heavy (non-hydrogen) atoms. The first-order valence-corrected chi connectivity index (χ1v) is 6.45. The Hall–Kier alpha value is -2.38. The molecule has 4 heteroatoms. The number of rotatable bonds is 3. The zero-order valence-electron chi connectivity index (χ0n) is 11.6. The van der Waals surface area contributed by atoms with Crippen molar-refractivity contribution in [2.45, 2.75) is 19.9 Å². The van der Waals surface area contributed by atoms with E-state index in [0.29, 0.717) is 11.4 Å². The maximum absolute atomic E-state index is 9.08. The van der Waals surface area contributed by atoms with Crippen LogP contribution in [0.4, 0.5) is 5.82 Å². The van der Waals surface area contributed by atoms with E-state index in [1.54, 1.807) is 6.20 Å². The Balaban J connectivity index is 2.23. The summed E-state index contributed by atoms with van der Waals surface area (Å²) in [7, 11) is 0. The first kappa shape index (κ1) is 14.0. The van der Waals surface area contributed by atoms with E-state index < -0.39 is 0 Å². The molecule has 1 atom stereocenters. The van der Waals surface area contributed by atoms with Gasteiger partial charge in [0.15, 0.2) is 0 Å². The van der Waals surface area contributed by atoms with Crippen LogP contribution >= 0.6 is 0 Å². The number of nitrogens with zero attached hydrogens (tertiary/aromatic N) is 2. The summed E-state index contributed by atoms with van der Waals surface area (Å²) in [6.07, 6.45) is 3.13. The summed E-state index contributed by atoms with van der Waals surface area (Å²) in [5, 5.41) is 12.2. The number of aliphatic hydroxyl groups excluding tert-OH is 1. The highest BCUT2D eigenvalue weighted by Crippen LogP contribution is 2.10. The molecular formula is C16H17N3O. The highest BCUT2D eigenvalue weighted by molar-refractivity contribution is 5.55. The maximum Gasteiger partial charge on any atom is 0.145 e. The van der Waals surface area contributed by atoms with E-state index in [-0.39, 0.29) is 12.6 Å². The molecule has 0 aliphatic rings. The predicted octanol–water partition coefficient (Wildman–Crippen LogP) is 1.98. The van der Waals surface area contributed by atoms with E-state index in [1.165, 1.54) is 11.9 Å². The fourth-order valence-corrected chi connectivity index (χ4v) is 1.59. The molecule has 2 rings (SSSR count). The molecule has 1 aromatic carbocycles. The van der Waals surface area contributed by atoms with Gasteiger partial charge < -0.3 is 10.4 Å². The van der Waals surface area contributed by atoms with Gasteiger partial charge in [-0.1, -0.05) is 29.5 Å². The third-order valence-corrected chi connectivity index (χ3v) is 2.76. The van der Waals surface area contributed by atoms with Gasteiger partial charge in [0.1, 0.15) is 12.1 Å². The van der Waals surface area contributed by atoms with E-state index in [9.17, 15) is 0 Å². The number of nitrogens with one attached hydrogen (secondary N) is 1. The SMILES string of the molecule is Cc1ccc(C#Cc2cncnc2N[C@H](C)CO)cc1. The minimum absolute atomic E-state index is 0.0365. The molecule has 0 spiro atoms. The summed E-state index contributed by atoms with van der Waals surface area (Å²) in [5.74, 6) is 6.79. The van der Waals surface area contributed by atoms with Crippen LogP contribution < -0.4 is 5.32 Å². The van der Waals surface area contributed by atoms with Crippen molar-refractivity contribution in [2.75, 3.05) is 11.9 Å². The van der Waals surface area contributed by atoms with E-state index in [0.717, 1.165) is 5.56 Å². The lowest BCUT2D eigenvalue weighted by Gasteiger charge is -2.11. The maximum atomic E-state index is 9.08. The Bertz CT molecular complexity index is 626. The number of aromatic nitrogens is 2. The second-order valence-corrected chi connectivity index (χ2v) is 4.63. The van der Waals surface area contributed by atoms with Crippen molar-refractivity contribution in [3.63, 3.8) is 0 Å². The first-order valence-electron chi connectivity index (χ1n) is 6.45. The molecule has 1 aromatic heterocycles. The van der Waals surface area contributed by atoms with Gasteiger partial charge in [0.2, 0.25) is 0 Å². The van der Waals surface area contributed by atoms with Crippen molar-refractivity contribution < 1.29 is 5.11 Å². The van der Waals surface area contributed by atoms with Crippen LogP contribution in [-0.2, 0) is 0 Å². The van der Waals surface area contributed by atoms with Crippen molar-refractivity contribution in [1.29, 1.82) is 0 Å². The molecule has 0 aliphatic heterocycles. The van der Waals surface area contributed by atoms with Gasteiger partial charge in [-0.25, -0.2) is 9.97 Å². The predicted molar refractivity (Wildman–Crippen MR) is 79.4 cm³/mol. The fraction of sp³-hybridized carbons (Fsp3) is 0.250. The van der Waals surface area contributed by atoms with Crippen LogP contribution in [0, 0.1) is 18.8 Å². The monoisotopic (exact) mass is 267 g/mol. The normalized spacial score (nSPS) is 11.3. The molecule has 2 N–H and O–H groups in total. The summed E-state index contributed by atoms with van der Waals surface area (Å²) < 4.78 is 0. The van der Waals surface area contributed by atoms with Gasteiger partial charge in [-0.2, -0.15) is 0 Å². The number of aryl methyl sites for hydroxylation is 1. The first-order chi connectivity index (χ1) is 9.69. The third-order valence-electron chi connectivity index (χ3n) is 2.76. The van der Waals surface area contributed by atoms with Gasteiger partial charge in [0.25, 0.3) is 0 Å². The summed E-state index contributed by atoms with van der Waals surface area (Å²) in [4.78, 5) is 8.15. The Morgan fingerprint density at radius 2 is 2.00 bits per heavy atom. The average molecular weight is 267 g/mol. The van der Waals surface area contributed by atoms with Gasteiger partial charge in [0.05, 0.1) is 12.2 Å². The molecule has 1 heterocycles. The van der Waals surface area contributed by atoms with Crippen LogP contribution in [-0.4, -0.2) is 27.7 Å². The van der Waals surface area contributed by atoms with Crippen molar-refractivity contribution >= 4 is 5.82 Å². The molecule has 0 bridgehead atoms. The van der Waals surface area contributed by atoms with Gasteiger partial charge in [-0.05, 0) is 26.0 Å². The third kappa shape index (κ3) is 3.81. The molecule has 0 unspecified atom stereocenters. The second-order valence-electron chi connectivity index (χ2n) is 4.63. The van der Waals surface area contributed by atoms with E-state index in [2.05, 4.69) is 27.1 Å². The minimum atomic E-state index is -0.0789. The summed E-state index contributed by atoms with van der Waals surface area (Å²) >= 11 is 0. The van der Waals surface area contributed by atoms with Crippen LogP contribution in [0.15, 0.2) is 36.8 Å². The van der Waals surface area contributed by atoms with Crippen LogP contribution in [0.2, 0.25) is 0 Å². The molecule has 2 aromatic rings. The van der Waals surface area contributed by atoms with Gasteiger partial charge >= 0.3 is 0 Å². The van der Waals surface area contributed by atoms with Crippen molar-refractivity contribution in [3.8, 4) is 11.8 Å². The summed E-state index contributed by atoms with van der Waals surface area (Å²) in [6.45, 7) is 3.95. The number of anilines is 1. The zero-order valence-corrected chi connectivity index (χ0v) is 11.6. The highest BCUT2D eigenvalue weighted by atomic mass is 16.3. The lowest BCUT2D eigenvalue weighted by molar-refractivity contribution is 0.281. The molecule has 0 amide bonds. The molecule has 0 saturated heterocycles. The minimum Gasteiger partial charge on any atom is -0.394 e. The quantitative estimate of drug-likeness (QED) is 0.835. The summed E-state index contributed by atoms with van der Waals surface area (Å²) in [5.41, 5.74) is 2.87. The van der Waals surface area contributed by atoms with Crippen LogP contribution in [0.1, 0.15) is 23.6 Å². The number of benzene rings is 1. The average Bonchev–Trinajstić information content (AvgIpc) is 2.48. The Morgan fingerprint density at radius 3 is 2.70 bits per heavy atom. The van der Waals surface area contributed by atoms with E-state index in [4.69, 9.17) is 5.11 Å². The summed E-state index contributed by atoms with van der Waals surface area (Å²) in [6, 6.07) is 7.94. The molecule has 0 fully saturated rings. The van der Waals surface area contributed by atoms with Gasteiger partial charge in [-0.15, -0.1) is 0 Å². The fourth-order valence-electron chi connectivity index (χ4n) is 1.59. The van der Waals surface area contributed by atoms with E-state index in [1.807, 2.05) is 38.1 Å². The van der Waals surface area contributed by atoms with E-state index >= 15 is 0 Å². The smallest absolute Gasteiger partial charge is 0.145 e.